The maximum atomic E-state index is 13.8. The van der Waals surface area contributed by atoms with E-state index in [-0.39, 0.29) is 28.2 Å². The first-order valence-corrected chi connectivity index (χ1v) is 27.2. The van der Waals surface area contributed by atoms with Gasteiger partial charge in [-0.05, 0) is 152 Å². The van der Waals surface area contributed by atoms with Gasteiger partial charge in [0.15, 0.2) is 0 Å². The van der Waals surface area contributed by atoms with Gasteiger partial charge in [-0.25, -0.2) is 4.98 Å². The van der Waals surface area contributed by atoms with Gasteiger partial charge in [0, 0.05) is 29.5 Å². The van der Waals surface area contributed by atoms with Crippen molar-refractivity contribution in [2.24, 2.45) is 17.1 Å². The van der Waals surface area contributed by atoms with E-state index >= 15 is 0 Å². The van der Waals surface area contributed by atoms with E-state index in [1.165, 1.54) is 68.2 Å². The lowest BCUT2D eigenvalue weighted by molar-refractivity contribution is -0.141. The number of hydrogen-bond donors (Lipinski definition) is 3. The van der Waals surface area contributed by atoms with Crippen LogP contribution in [0.4, 0.5) is 0 Å². The Morgan fingerprint density at radius 2 is 1.65 bits per heavy atom. The molecule has 2 aliphatic carbocycles. The van der Waals surface area contributed by atoms with Crippen LogP contribution in [-0.2, 0) is 21.5 Å². The molecule has 2 aromatic heterocycles. The van der Waals surface area contributed by atoms with Crippen molar-refractivity contribution in [3.63, 3.8) is 0 Å². The summed E-state index contributed by atoms with van der Waals surface area (Å²) in [6.45, 7) is 11.5. The van der Waals surface area contributed by atoms with Gasteiger partial charge < -0.3 is 26.2 Å². The molecule has 2 atom stereocenters. The highest BCUT2D eigenvalue weighted by molar-refractivity contribution is 9.10. The molecule has 11 nitrogen and oxygen atoms in total. The van der Waals surface area contributed by atoms with Gasteiger partial charge in [-0.2, -0.15) is 4.98 Å². The number of nitrogens with one attached hydrogen (secondary N) is 2. The number of fused-ring (bicyclic) bond motifs is 7. The molecule has 1 spiro atoms. The molecule has 0 radical (unpaired) electrons. The number of nitrogens with zero attached hydrogens (tertiary/aromatic N) is 5. The van der Waals surface area contributed by atoms with Gasteiger partial charge in [-0.15, -0.1) is 11.3 Å². The van der Waals surface area contributed by atoms with Gasteiger partial charge in [0.2, 0.25) is 11.8 Å². The van der Waals surface area contributed by atoms with Crippen LogP contribution in [0.1, 0.15) is 145 Å². The van der Waals surface area contributed by atoms with Crippen LogP contribution in [0.2, 0.25) is 0 Å². The first kappa shape index (κ1) is 49.1. The Morgan fingerprint density at radius 3 is 2.35 bits per heavy atom. The Morgan fingerprint density at radius 1 is 0.928 bits per heavy atom. The van der Waals surface area contributed by atoms with E-state index in [0.717, 1.165) is 88.4 Å². The Balaban J connectivity index is 0.000000175. The van der Waals surface area contributed by atoms with Crippen molar-refractivity contribution in [3.8, 4) is 16.1 Å². The number of carbonyl (C=O) groups excluding carboxylic acids is 2. The topological polar surface area (TPSA) is 138 Å². The number of rotatable bonds is 9. The van der Waals surface area contributed by atoms with E-state index in [4.69, 9.17) is 10.7 Å². The minimum absolute atomic E-state index is 0.0351. The lowest BCUT2D eigenvalue weighted by Gasteiger charge is -2.35. The van der Waals surface area contributed by atoms with Crippen molar-refractivity contribution in [1.82, 2.24) is 35.0 Å². The summed E-state index contributed by atoms with van der Waals surface area (Å²) in [5, 5.41) is 7.11. The predicted octanol–water partition coefficient (Wildman–Crippen LogP) is 10.6. The molecular formula is C56H71BrN8O3S. The second kappa shape index (κ2) is 20.9. The van der Waals surface area contributed by atoms with Crippen molar-refractivity contribution in [2.45, 2.75) is 148 Å². The summed E-state index contributed by atoms with van der Waals surface area (Å²) in [5.41, 5.74) is 16.8. The average Bonchev–Trinajstić information content (AvgIpc) is 4.09. The molecule has 4 N–H and O–H groups in total. The number of carbonyl (C=O) groups is 2. The number of piperidine rings is 1. The summed E-state index contributed by atoms with van der Waals surface area (Å²) in [5.74, 6) is 1.84. The number of nitrogens with two attached hydrogens (primary N) is 1. The lowest BCUT2D eigenvalue weighted by Crippen LogP contribution is -2.55. The normalized spacial score (nSPS) is 20.3. The van der Waals surface area contributed by atoms with Crippen LogP contribution in [-0.4, -0.2) is 74.9 Å². The van der Waals surface area contributed by atoms with Crippen molar-refractivity contribution < 1.29 is 9.59 Å². The molecule has 10 rings (SSSR count). The molecule has 2 saturated heterocycles. The Kier molecular flexibility index (Phi) is 14.9. The predicted molar refractivity (Wildman–Crippen MR) is 282 cm³/mol. The summed E-state index contributed by atoms with van der Waals surface area (Å²) in [6, 6.07) is 20.5. The fourth-order valence-corrected chi connectivity index (χ4v) is 13.2. The second-order valence-corrected chi connectivity index (χ2v) is 23.2. The zero-order valence-electron chi connectivity index (χ0n) is 41.3. The van der Waals surface area contributed by atoms with E-state index in [0.29, 0.717) is 36.7 Å². The Labute approximate surface area is 420 Å². The Hall–Kier alpha value is -4.85. The van der Waals surface area contributed by atoms with Crippen LogP contribution in [0.25, 0.3) is 27.0 Å². The van der Waals surface area contributed by atoms with Crippen molar-refractivity contribution >= 4 is 50.0 Å². The largest absolute Gasteiger partial charge is 0.401 e. The van der Waals surface area contributed by atoms with Gasteiger partial charge in [0.1, 0.15) is 17.9 Å². The molecule has 0 bridgehead atoms. The average molecular weight is 1020 g/mol. The molecule has 5 aromatic rings. The van der Waals surface area contributed by atoms with Gasteiger partial charge in [-0.1, -0.05) is 102 Å². The van der Waals surface area contributed by atoms with E-state index in [2.05, 4.69) is 105 Å². The fourth-order valence-electron chi connectivity index (χ4n) is 11.8. The third-order valence-corrected chi connectivity index (χ3v) is 17.5. The maximum Gasteiger partial charge on any atom is 0.281 e. The molecule has 5 aliphatic rings. The van der Waals surface area contributed by atoms with Crippen LogP contribution in [0, 0.1) is 18.3 Å². The molecule has 3 aromatic carbocycles. The first-order valence-electron chi connectivity index (χ1n) is 25.6. The van der Waals surface area contributed by atoms with Gasteiger partial charge in [0.25, 0.3) is 5.56 Å². The molecule has 69 heavy (non-hydrogen) atoms. The van der Waals surface area contributed by atoms with E-state index in [1.807, 2.05) is 42.9 Å². The van der Waals surface area contributed by atoms with Gasteiger partial charge >= 0.3 is 0 Å². The highest BCUT2D eigenvalue weighted by Crippen LogP contribution is 2.52. The highest BCUT2D eigenvalue weighted by Gasteiger charge is 2.47. The maximum absolute atomic E-state index is 13.8. The number of aryl methyl sites for hydroxylation is 1. The van der Waals surface area contributed by atoms with Crippen LogP contribution in [0.15, 0.2) is 87.3 Å². The summed E-state index contributed by atoms with van der Waals surface area (Å²) in [7, 11) is 2.22. The van der Waals surface area contributed by atoms with Crippen LogP contribution in [0.3, 0.4) is 0 Å². The van der Waals surface area contributed by atoms with Crippen molar-refractivity contribution in [3.05, 3.63) is 121 Å². The standard InChI is InChI=1S/C30H43N5O2S.C26H28BrN3O/c1-20-26(38-19-34-20)23-14-12-21(13-15-23)17-33-28(36)25-11-8-16-35(25)29(37)27(30(2,3)4)32-18-24(31)22-9-6-5-7-10-22;1-29-14-10-17(11-15-29)18-8-9-19-22(16-18)30-21-7-5-6-20(27)23(21)24(31)28-25(30)26(19)12-3-2-4-13-26/h12-15,18-19,22,25,27,32H,5-11,16-17,31H2,1-4H3,(H,33,36);5-9,16-17H,2-4,10-15H2,1H3/b24-18-;. The summed E-state index contributed by atoms with van der Waals surface area (Å²) in [4.78, 5) is 54.5. The summed E-state index contributed by atoms with van der Waals surface area (Å²) >= 11 is 5.24. The van der Waals surface area contributed by atoms with Crippen molar-refractivity contribution in [2.75, 3.05) is 26.7 Å². The summed E-state index contributed by atoms with van der Waals surface area (Å²) < 4.78 is 3.15. The molecule has 5 heterocycles. The third-order valence-electron chi connectivity index (χ3n) is 15.8. The molecule has 2 unspecified atom stereocenters. The smallest absolute Gasteiger partial charge is 0.281 e. The minimum Gasteiger partial charge on any atom is -0.401 e. The number of benzene rings is 3. The van der Waals surface area contributed by atoms with Crippen molar-refractivity contribution in [1.29, 1.82) is 0 Å². The number of allylic oxidation sites excluding steroid dienone is 1. The van der Waals surface area contributed by atoms with Gasteiger partial charge in [0.05, 0.1) is 38.1 Å². The van der Waals surface area contributed by atoms with Crippen LogP contribution >= 0.6 is 27.3 Å². The second-order valence-electron chi connectivity index (χ2n) is 21.5. The number of thiazole rings is 1. The number of halogens is 1. The SMILES string of the molecule is CN1CCC(c2ccc3c(c2)-n2c(nc(=O)c4c(Br)cccc42)C32CCCCC2)CC1.Cc1ncsc1-c1ccc(CNC(=O)C2CCCN2C(=O)C(N/C=C(\N)C2CCCCC2)C(C)(C)C)cc1. The van der Waals surface area contributed by atoms with Crippen LogP contribution in [0.5, 0.6) is 0 Å². The zero-order valence-corrected chi connectivity index (χ0v) is 43.7. The number of hydrogen-bond acceptors (Lipinski definition) is 9. The molecule has 366 valence electrons. The number of aromatic nitrogens is 3. The van der Waals surface area contributed by atoms with E-state index in [9.17, 15) is 14.4 Å². The fraction of sp³-hybridized carbons (Fsp3) is 0.518. The first-order chi connectivity index (χ1) is 33.2. The number of likely N-dealkylation sites (tertiary alicyclic amines) is 2. The third kappa shape index (κ3) is 10.2. The molecule has 3 aliphatic heterocycles. The minimum atomic E-state index is -0.458. The molecule has 2 saturated carbocycles. The lowest BCUT2D eigenvalue weighted by atomic mass is 9.69. The molecule has 4 fully saturated rings. The monoisotopic (exact) mass is 1010 g/mol. The highest BCUT2D eigenvalue weighted by atomic mass is 79.9. The van der Waals surface area contributed by atoms with Crippen LogP contribution < -0.4 is 21.9 Å². The van der Waals surface area contributed by atoms with E-state index < -0.39 is 12.1 Å². The summed E-state index contributed by atoms with van der Waals surface area (Å²) in [6.07, 6.45) is 17.5. The molecule has 13 heteroatoms. The van der Waals surface area contributed by atoms with E-state index in [1.54, 1.807) is 16.2 Å². The Bertz CT molecular complexity index is 2740. The molecule has 2 amide bonds. The number of amides is 2. The molecular weight excluding hydrogens is 945 g/mol. The zero-order chi connectivity index (χ0) is 48.5. The quantitative estimate of drug-likeness (QED) is 0.133. The van der Waals surface area contributed by atoms with Gasteiger partial charge in [-0.3, -0.25) is 19.0 Å².